The van der Waals surface area contributed by atoms with E-state index >= 15 is 0 Å². The maximum Gasteiger partial charge on any atom is 0.167 e. The van der Waals surface area contributed by atoms with Gasteiger partial charge >= 0.3 is 0 Å². The topological polar surface area (TPSA) is 55.5 Å². The summed E-state index contributed by atoms with van der Waals surface area (Å²) in [5.74, 6) is 5.04. The third-order valence-electron chi connectivity index (χ3n) is 1.78. The number of halogens is 1. The zero-order valence-corrected chi connectivity index (χ0v) is 8.38. The van der Waals surface area contributed by atoms with Gasteiger partial charge in [0.05, 0.1) is 25.0 Å². The summed E-state index contributed by atoms with van der Waals surface area (Å²) in [5, 5.41) is 8.54. The van der Waals surface area contributed by atoms with Crippen LogP contribution < -0.4 is 10.5 Å². The minimum Gasteiger partial charge on any atom is -0.494 e. The summed E-state index contributed by atoms with van der Waals surface area (Å²) >= 11 is 0. The molecule has 0 bridgehead atoms. The largest absolute Gasteiger partial charge is 0.494 e. The van der Waals surface area contributed by atoms with Crippen molar-refractivity contribution >= 4 is 5.69 Å². The average molecular weight is 209 g/mol. The Labute approximate surface area is 87.7 Å². The Bertz CT molecular complexity index is 407. The van der Waals surface area contributed by atoms with Crippen LogP contribution in [0.3, 0.4) is 0 Å². The predicted molar refractivity (Wildman–Crippen MR) is 55.9 cm³/mol. The first-order valence-corrected chi connectivity index (χ1v) is 4.41. The number of rotatable bonds is 2. The normalized spacial score (nSPS) is 9.27. The SMILES string of the molecule is COc1cc(C#CCCO)c(N)cc1F. The van der Waals surface area contributed by atoms with E-state index in [0.717, 1.165) is 0 Å². The summed E-state index contributed by atoms with van der Waals surface area (Å²) in [6.45, 7) is -0.00870. The van der Waals surface area contributed by atoms with Gasteiger partial charge in [-0.2, -0.15) is 0 Å². The van der Waals surface area contributed by atoms with Gasteiger partial charge in [-0.1, -0.05) is 11.8 Å². The lowest BCUT2D eigenvalue weighted by molar-refractivity contribution is 0.305. The maximum absolute atomic E-state index is 13.1. The van der Waals surface area contributed by atoms with Crippen LogP contribution in [0.4, 0.5) is 10.1 Å². The standard InChI is InChI=1S/C11H12FNO2/c1-15-11-6-8(4-2-3-5-14)10(13)7-9(11)12/h6-7,14H,3,5,13H2,1H3. The molecule has 80 valence electrons. The molecule has 0 aliphatic heterocycles. The van der Waals surface area contributed by atoms with Crippen molar-refractivity contribution in [1.29, 1.82) is 0 Å². The summed E-state index contributed by atoms with van der Waals surface area (Å²) in [4.78, 5) is 0. The first kappa shape index (κ1) is 11.3. The summed E-state index contributed by atoms with van der Waals surface area (Å²) in [5.41, 5.74) is 6.33. The molecule has 0 aromatic heterocycles. The van der Waals surface area contributed by atoms with Crippen LogP contribution in [0.5, 0.6) is 5.75 Å². The van der Waals surface area contributed by atoms with E-state index < -0.39 is 5.82 Å². The summed E-state index contributed by atoms with van der Waals surface area (Å²) in [6, 6.07) is 2.61. The molecule has 0 atom stereocenters. The molecule has 0 saturated heterocycles. The van der Waals surface area contributed by atoms with Crippen LogP contribution in [0.2, 0.25) is 0 Å². The molecule has 0 spiro atoms. The van der Waals surface area contributed by atoms with Gasteiger partial charge in [-0.3, -0.25) is 0 Å². The van der Waals surface area contributed by atoms with Gasteiger partial charge in [-0.05, 0) is 0 Å². The van der Waals surface area contributed by atoms with Crippen molar-refractivity contribution in [3.63, 3.8) is 0 Å². The van der Waals surface area contributed by atoms with Gasteiger partial charge in [0.15, 0.2) is 11.6 Å². The molecule has 0 amide bonds. The zero-order valence-electron chi connectivity index (χ0n) is 8.38. The molecule has 0 radical (unpaired) electrons. The van der Waals surface area contributed by atoms with Gasteiger partial charge in [0.2, 0.25) is 0 Å². The van der Waals surface area contributed by atoms with Gasteiger partial charge in [-0.25, -0.2) is 4.39 Å². The molecule has 4 heteroatoms. The van der Waals surface area contributed by atoms with Crippen LogP contribution in [-0.4, -0.2) is 18.8 Å². The lowest BCUT2D eigenvalue weighted by Crippen LogP contribution is -1.95. The first-order valence-electron chi connectivity index (χ1n) is 4.41. The van der Waals surface area contributed by atoms with E-state index in [4.69, 9.17) is 15.6 Å². The average Bonchev–Trinajstić information content (AvgIpc) is 2.21. The molecule has 0 fully saturated rings. The lowest BCUT2D eigenvalue weighted by Gasteiger charge is -2.04. The number of hydrogen-bond donors (Lipinski definition) is 2. The molecule has 1 aromatic rings. The number of nitrogen functional groups attached to an aromatic ring is 1. The van der Waals surface area contributed by atoms with Crippen molar-refractivity contribution in [2.75, 3.05) is 19.5 Å². The van der Waals surface area contributed by atoms with E-state index in [1.165, 1.54) is 19.2 Å². The predicted octanol–water partition coefficient (Wildman–Crippen LogP) is 1.15. The van der Waals surface area contributed by atoms with Crippen molar-refractivity contribution in [2.24, 2.45) is 0 Å². The molecule has 0 aliphatic rings. The lowest BCUT2D eigenvalue weighted by atomic mass is 10.1. The van der Waals surface area contributed by atoms with Gasteiger partial charge in [0.25, 0.3) is 0 Å². The highest BCUT2D eigenvalue weighted by molar-refractivity contribution is 5.59. The van der Waals surface area contributed by atoms with Crippen LogP contribution >= 0.6 is 0 Å². The number of hydrogen-bond acceptors (Lipinski definition) is 3. The smallest absolute Gasteiger partial charge is 0.167 e. The summed E-state index contributed by atoms with van der Waals surface area (Å²) < 4.78 is 17.9. The van der Waals surface area contributed by atoms with Crippen LogP contribution in [0.15, 0.2) is 12.1 Å². The number of ether oxygens (including phenoxy) is 1. The van der Waals surface area contributed by atoms with Crippen molar-refractivity contribution in [1.82, 2.24) is 0 Å². The Morgan fingerprint density at radius 1 is 1.53 bits per heavy atom. The first-order chi connectivity index (χ1) is 7.19. The molecular formula is C11H12FNO2. The minimum absolute atomic E-state index is 0.00870. The highest BCUT2D eigenvalue weighted by atomic mass is 19.1. The molecule has 0 heterocycles. The summed E-state index contributed by atoms with van der Waals surface area (Å²) in [7, 11) is 1.37. The fourth-order valence-corrected chi connectivity index (χ4v) is 1.05. The Kier molecular flexibility index (Phi) is 3.95. The molecule has 1 aromatic carbocycles. The van der Waals surface area contributed by atoms with Crippen LogP contribution in [0.1, 0.15) is 12.0 Å². The van der Waals surface area contributed by atoms with Crippen molar-refractivity contribution in [3.8, 4) is 17.6 Å². The molecule has 1 rings (SSSR count). The van der Waals surface area contributed by atoms with E-state index in [1.807, 2.05) is 0 Å². The minimum atomic E-state index is -0.511. The molecule has 15 heavy (non-hydrogen) atoms. The number of aliphatic hydroxyl groups is 1. The van der Waals surface area contributed by atoms with Gasteiger partial charge in [0, 0.05) is 18.6 Å². The Morgan fingerprint density at radius 3 is 2.87 bits per heavy atom. The molecular weight excluding hydrogens is 197 g/mol. The van der Waals surface area contributed by atoms with Crippen molar-refractivity contribution in [3.05, 3.63) is 23.5 Å². The quantitative estimate of drug-likeness (QED) is 0.567. The second-order valence-corrected chi connectivity index (χ2v) is 2.85. The third-order valence-corrected chi connectivity index (χ3v) is 1.78. The number of methoxy groups -OCH3 is 1. The van der Waals surface area contributed by atoms with Crippen LogP contribution in [0.25, 0.3) is 0 Å². The molecule has 0 saturated carbocycles. The van der Waals surface area contributed by atoms with E-state index in [0.29, 0.717) is 12.0 Å². The molecule has 0 aliphatic carbocycles. The van der Waals surface area contributed by atoms with E-state index in [-0.39, 0.29) is 18.0 Å². The van der Waals surface area contributed by atoms with E-state index in [1.54, 1.807) is 0 Å². The fourth-order valence-electron chi connectivity index (χ4n) is 1.05. The second-order valence-electron chi connectivity index (χ2n) is 2.85. The second kappa shape index (κ2) is 5.23. The zero-order chi connectivity index (χ0) is 11.3. The van der Waals surface area contributed by atoms with Gasteiger partial charge in [-0.15, -0.1) is 0 Å². The van der Waals surface area contributed by atoms with Crippen molar-refractivity contribution < 1.29 is 14.2 Å². The van der Waals surface area contributed by atoms with Gasteiger partial charge < -0.3 is 15.6 Å². The fraction of sp³-hybridized carbons (Fsp3) is 0.273. The van der Waals surface area contributed by atoms with Crippen LogP contribution in [-0.2, 0) is 0 Å². The van der Waals surface area contributed by atoms with Crippen molar-refractivity contribution in [2.45, 2.75) is 6.42 Å². The number of anilines is 1. The third kappa shape index (κ3) is 2.86. The van der Waals surface area contributed by atoms with Gasteiger partial charge in [0.1, 0.15) is 0 Å². The van der Waals surface area contributed by atoms with E-state index in [9.17, 15) is 4.39 Å². The Balaban J connectivity index is 3.04. The Hall–Kier alpha value is -1.73. The number of benzene rings is 1. The molecule has 0 unspecified atom stereocenters. The summed E-state index contributed by atoms with van der Waals surface area (Å²) in [6.07, 6.45) is 0.360. The monoisotopic (exact) mass is 209 g/mol. The van der Waals surface area contributed by atoms with Crippen LogP contribution in [0, 0.1) is 17.7 Å². The highest BCUT2D eigenvalue weighted by Gasteiger charge is 2.06. The highest BCUT2D eigenvalue weighted by Crippen LogP contribution is 2.23. The molecule has 3 nitrogen and oxygen atoms in total. The molecule has 3 N–H and O–H groups in total. The number of nitrogens with two attached hydrogens (primary N) is 1. The number of aliphatic hydroxyl groups excluding tert-OH is 1. The maximum atomic E-state index is 13.1. The van der Waals surface area contributed by atoms with E-state index in [2.05, 4.69) is 11.8 Å². The Morgan fingerprint density at radius 2 is 2.27 bits per heavy atom.